The number of rotatable bonds is 3. The van der Waals surface area contributed by atoms with Crippen LogP contribution in [0.3, 0.4) is 0 Å². The first-order valence-electron chi connectivity index (χ1n) is 4.67. The highest BCUT2D eigenvalue weighted by Crippen LogP contribution is 2.13. The number of nitriles is 1. The average molecular weight is 240 g/mol. The second-order valence-corrected chi connectivity index (χ2v) is 3.44. The molecule has 0 aliphatic carbocycles. The zero-order valence-electron chi connectivity index (χ0n) is 8.63. The number of aryl methyl sites for hydroxylation is 1. The molecule has 1 heterocycles. The van der Waals surface area contributed by atoms with E-state index in [1.54, 1.807) is 6.07 Å². The van der Waals surface area contributed by atoms with Crippen LogP contribution in [0.4, 0.5) is 0 Å². The largest absolute Gasteiger partial charge is 0.339 e. The van der Waals surface area contributed by atoms with E-state index in [0.717, 1.165) is 0 Å². The smallest absolute Gasteiger partial charge is 0.261 e. The quantitative estimate of drug-likeness (QED) is 0.767. The van der Waals surface area contributed by atoms with Crippen LogP contribution in [-0.2, 0) is 6.42 Å². The molecule has 0 spiro atoms. The zero-order chi connectivity index (χ0) is 12.1. The van der Waals surface area contributed by atoms with Crippen LogP contribution in [0.15, 0.2) is 10.9 Å². The summed E-state index contributed by atoms with van der Waals surface area (Å²) >= 11 is 5.86. The first-order chi connectivity index (χ1) is 7.60. The van der Waals surface area contributed by atoms with Gasteiger partial charge in [0.1, 0.15) is 12.1 Å². The van der Waals surface area contributed by atoms with E-state index in [4.69, 9.17) is 16.9 Å². The molecule has 16 heavy (non-hydrogen) atoms. The molecule has 0 fully saturated rings. The van der Waals surface area contributed by atoms with E-state index < -0.39 is 11.5 Å². The van der Waals surface area contributed by atoms with Gasteiger partial charge in [-0.1, -0.05) is 18.5 Å². The van der Waals surface area contributed by atoms with Gasteiger partial charge in [0.15, 0.2) is 0 Å². The molecule has 6 heteroatoms. The SMILES string of the molecule is CCc1[nH]c(=O)c(C(=O)NCC#N)cc1Cl. The molecular formula is C10H10ClN3O2. The molecule has 0 atom stereocenters. The van der Waals surface area contributed by atoms with Crippen molar-refractivity contribution in [3.8, 4) is 6.07 Å². The van der Waals surface area contributed by atoms with Crippen molar-refractivity contribution in [1.29, 1.82) is 5.26 Å². The fourth-order valence-corrected chi connectivity index (χ4v) is 1.47. The van der Waals surface area contributed by atoms with Crippen molar-refractivity contribution < 1.29 is 4.79 Å². The van der Waals surface area contributed by atoms with Crippen LogP contribution in [0.5, 0.6) is 0 Å². The molecule has 5 nitrogen and oxygen atoms in total. The molecule has 1 aromatic rings. The van der Waals surface area contributed by atoms with E-state index in [9.17, 15) is 9.59 Å². The number of hydrogen-bond donors (Lipinski definition) is 2. The summed E-state index contributed by atoms with van der Waals surface area (Å²) in [6.45, 7) is 1.69. The number of pyridine rings is 1. The van der Waals surface area contributed by atoms with E-state index >= 15 is 0 Å². The summed E-state index contributed by atoms with van der Waals surface area (Å²) in [5, 5.41) is 10.9. The second kappa shape index (κ2) is 5.33. The predicted octanol–water partition coefficient (Wildman–Crippen LogP) is 0.844. The average Bonchev–Trinajstić information content (AvgIpc) is 2.28. The van der Waals surface area contributed by atoms with Crippen LogP contribution in [0, 0.1) is 11.3 Å². The van der Waals surface area contributed by atoms with E-state index in [1.165, 1.54) is 6.07 Å². The summed E-state index contributed by atoms with van der Waals surface area (Å²) < 4.78 is 0. The van der Waals surface area contributed by atoms with Crippen LogP contribution in [0.2, 0.25) is 5.02 Å². The summed E-state index contributed by atoms with van der Waals surface area (Å²) in [5.41, 5.74) is -0.00219. The van der Waals surface area contributed by atoms with E-state index in [2.05, 4.69) is 10.3 Å². The van der Waals surface area contributed by atoms with Gasteiger partial charge in [-0.05, 0) is 12.5 Å². The summed E-state index contributed by atoms with van der Waals surface area (Å²) in [6, 6.07) is 3.06. The topological polar surface area (TPSA) is 85.8 Å². The maximum absolute atomic E-state index is 11.5. The highest BCUT2D eigenvalue weighted by molar-refractivity contribution is 6.31. The maximum atomic E-state index is 11.5. The minimum absolute atomic E-state index is 0.0857. The number of hydrogen-bond acceptors (Lipinski definition) is 3. The third-order valence-electron chi connectivity index (χ3n) is 1.99. The number of aromatic nitrogens is 1. The Morgan fingerprint density at radius 1 is 1.69 bits per heavy atom. The van der Waals surface area contributed by atoms with Crippen molar-refractivity contribution in [1.82, 2.24) is 10.3 Å². The fraction of sp³-hybridized carbons (Fsp3) is 0.300. The molecule has 0 bridgehead atoms. The third kappa shape index (κ3) is 2.61. The van der Waals surface area contributed by atoms with Crippen molar-refractivity contribution in [2.24, 2.45) is 0 Å². The molecule has 1 aromatic heterocycles. The molecular weight excluding hydrogens is 230 g/mol. The number of nitrogens with zero attached hydrogens (tertiary/aromatic N) is 1. The van der Waals surface area contributed by atoms with Gasteiger partial charge < -0.3 is 10.3 Å². The Morgan fingerprint density at radius 3 is 2.94 bits per heavy atom. The van der Waals surface area contributed by atoms with Crippen LogP contribution in [0.25, 0.3) is 0 Å². The number of aromatic amines is 1. The minimum Gasteiger partial charge on any atom is -0.339 e. The summed E-state index contributed by atoms with van der Waals surface area (Å²) in [7, 11) is 0. The summed E-state index contributed by atoms with van der Waals surface area (Å²) in [6.07, 6.45) is 0.578. The molecule has 1 rings (SSSR count). The molecule has 2 N–H and O–H groups in total. The minimum atomic E-state index is -0.604. The standard InChI is InChI=1S/C10H10ClN3O2/c1-2-8-7(11)5-6(10(16)14-8)9(15)13-4-3-12/h5H,2,4H2,1H3,(H,13,15)(H,14,16). The Morgan fingerprint density at radius 2 is 2.38 bits per heavy atom. The van der Waals surface area contributed by atoms with E-state index in [-0.39, 0.29) is 12.1 Å². The van der Waals surface area contributed by atoms with Crippen LogP contribution < -0.4 is 10.9 Å². The Labute approximate surface area is 97.0 Å². The number of carbonyl (C=O) groups is 1. The van der Waals surface area contributed by atoms with Gasteiger partial charge >= 0.3 is 0 Å². The van der Waals surface area contributed by atoms with E-state index in [0.29, 0.717) is 17.1 Å². The highest BCUT2D eigenvalue weighted by atomic mass is 35.5. The molecule has 1 amide bonds. The lowest BCUT2D eigenvalue weighted by atomic mass is 10.2. The Balaban J connectivity index is 3.07. The summed E-state index contributed by atoms with van der Waals surface area (Å²) in [4.78, 5) is 25.5. The van der Waals surface area contributed by atoms with Gasteiger partial charge in [0.25, 0.3) is 11.5 Å². The van der Waals surface area contributed by atoms with Crippen molar-refractivity contribution in [3.63, 3.8) is 0 Å². The first kappa shape index (κ1) is 12.3. The third-order valence-corrected chi connectivity index (χ3v) is 2.33. The van der Waals surface area contributed by atoms with Crippen molar-refractivity contribution in [2.45, 2.75) is 13.3 Å². The molecule has 0 radical (unpaired) electrons. The van der Waals surface area contributed by atoms with Gasteiger partial charge in [0.2, 0.25) is 0 Å². The highest BCUT2D eigenvalue weighted by Gasteiger charge is 2.12. The number of nitrogens with one attached hydrogen (secondary N) is 2. The lowest BCUT2D eigenvalue weighted by Gasteiger charge is -2.04. The number of halogens is 1. The molecule has 0 unspecified atom stereocenters. The maximum Gasteiger partial charge on any atom is 0.261 e. The summed E-state index contributed by atoms with van der Waals surface area (Å²) in [5.74, 6) is -0.604. The van der Waals surface area contributed by atoms with Crippen molar-refractivity contribution in [2.75, 3.05) is 6.54 Å². The van der Waals surface area contributed by atoms with Gasteiger partial charge in [-0.2, -0.15) is 5.26 Å². The fourth-order valence-electron chi connectivity index (χ4n) is 1.18. The zero-order valence-corrected chi connectivity index (χ0v) is 9.39. The van der Waals surface area contributed by atoms with Crippen LogP contribution >= 0.6 is 11.6 Å². The monoisotopic (exact) mass is 239 g/mol. The number of amides is 1. The molecule has 0 aliphatic heterocycles. The van der Waals surface area contributed by atoms with Gasteiger partial charge in [-0.25, -0.2) is 0 Å². The van der Waals surface area contributed by atoms with E-state index in [1.807, 2.05) is 6.92 Å². The normalized spacial score (nSPS) is 9.56. The Bertz CT molecular complexity index is 502. The van der Waals surface area contributed by atoms with Crippen molar-refractivity contribution >= 4 is 17.5 Å². The number of carbonyl (C=O) groups excluding carboxylic acids is 1. The molecule has 0 saturated heterocycles. The van der Waals surface area contributed by atoms with Crippen LogP contribution in [-0.4, -0.2) is 17.4 Å². The molecule has 0 saturated carbocycles. The first-order valence-corrected chi connectivity index (χ1v) is 5.04. The molecule has 0 aromatic carbocycles. The lowest BCUT2D eigenvalue weighted by molar-refractivity contribution is 0.0957. The lowest BCUT2D eigenvalue weighted by Crippen LogP contribution is -2.30. The van der Waals surface area contributed by atoms with Gasteiger partial charge in [-0.3, -0.25) is 9.59 Å². The Kier molecular flexibility index (Phi) is 4.09. The predicted molar refractivity (Wildman–Crippen MR) is 59.4 cm³/mol. The van der Waals surface area contributed by atoms with Crippen LogP contribution in [0.1, 0.15) is 23.0 Å². The molecule has 0 aliphatic rings. The van der Waals surface area contributed by atoms with Gasteiger partial charge in [0.05, 0.1) is 11.1 Å². The van der Waals surface area contributed by atoms with Gasteiger partial charge in [-0.15, -0.1) is 0 Å². The Hall–Kier alpha value is -1.80. The number of H-pyrrole nitrogens is 1. The second-order valence-electron chi connectivity index (χ2n) is 3.03. The van der Waals surface area contributed by atoms with Gasteiger partial charge in [0, 0.05) is 5.69 Å². The van der Waals surface area contributed by atoms with Crippen molar-refractivity contribution in [3.05, 3.63) is 32.7 Å². The molecule has 84 valence electrons.